The van der Waals surface area contributed by atoms with Crippen LogP contribution in [0, 0.1) is 18.8 Å². The minimum Gasteiger partial charge on any atom is -0.359 e. The van der Waals surface area contributed by atoms with Gasteiger partial charge in [0.05, 0.1) is 23.6 Å². The summed E-state index contributed by atoms with van der Waals surface area (Å²) < 4.78 is 0. The van der Waals surface area contributed by atoms with Crippen molar-refractivity contribution in [3.8, 4) is 0 Å². The molecule has 0 aliphatic carbocycles. The molecule has 3 aromatic rings. The molecule has 4 atom stereocenters. The first kappa shape index (κ1) is 22.9. The van der Waals surface area contributed by atoms with Gasteiger partial charge < -0.3 is 4.90 Å². The highest BCUT2D eigenvalue weighted by molar-refractivity contribution is 6.25. The monoisotopic (exact) mass is 488 g/mol. The van der Waals surface area contributed by atoms with Crippen molar-refractivity contribution < 1.29 is 19.2 Å². The van der Waals surface area contributed by atoms with Gasteiger partial charge in [-0.05, 0) is 25.1 Å². The SMILES string of the molecule is Cc1ccc(N2C(=O)C3C(C2=O)C(C(=O)c2ccccc2)N2C=CC(C(=O)c4ccccc4)=CC32)cc1. The average molecular weight is 489 g/mol. The number of carbonyl (C=O) groups excluding carboxylic acids is 4. The van der Waals surface area contributed by atoms with Crippen molar-refractivity contribution in [3.05, 3.63) is 126 Å². The van der Waals surface area contributed by atoms with Gasteiger partial charge in [-0.3, -0.25) is 19.2 Å². The van der Waals surface area contributed by atoms with Crippen LogP contribution in [0.1, 0.15) is 26.3 Å². The van der Waals surface area contributed by atoms with Crippen LogP contribution in [0.3, 0.4) is 0 Å². The number of Topliss-reactive ketones (excluding diaryl/α,β-unsaturated/α-hetero) is 2. The van der Waals surface area contributed by atoms with Crippen LogP contribution in [0.25, 0.3) is 0 Å². The van der Waals surface area contributed by atoms with Crippen LogP contribution in [-0.4, -0.2) is 40.4 Å². The van der Waals surface area contributed by atoms with Crippen LogP contribution in [0.4, 0.5) is 5.69 Å². The van der Waals surface area contributed by atoms with Gasteiger partial charge in [0, 0.05) is 22.9 Å². The summed E-state index contributed by atoms with van der Waals surface area (Å²) >= 11 is 0. The van der Waals surface area contributed by atoms with E-state index in [-0.39, 0.29) is 23.4 Å². The summed E-state index contributed by atoms with van der Waals surface area (Å²) in [6.45, 7) is 1.93. The van der Waals surface area contributed by atoms with Crippen LogP contribution >= 0.6 is 0 Å². The molecule has 3 aliphatic rings. The lowest BCUT2D eigenvalue weighted by Gasteiger charge is -2.32. The van der Waals surface area contributed by atoms with Crippen molar-refractivity contribution in [2.45, 2.75) is 19.0 Å². The molecule has 0 radical (unpaired) electrons. The van der Waals surface area contributed by atoms with Crippen molar-refractivity contribution >= 4 is 29.1 Å². The van der Waals surface area contributed by atoms with Gasteiger partial charge in [-0.25, -0.2) is 4.90 Å². The summed E-state index contributed by atoms with van der Waals surface area (Å²) in [7, 11) is 0. The van der Waals surface area contributed by atoms with Gasteiger partial charge >= 0.3 is 0 Å². The number of amides is 2. The number of imide groups is 1. The number of anilines is 1. The van der Waals surface area contributed by atoms with Gasteiger partial charge in [0.2, 0.25) is 11.8 Å². The predicted molar refractivity (Wildman–Crippen MR) is 139 cm³/mol. The number of rotatable bonds is 5. The largest absolute Gasteiger partial charge is 0.359 e. The number of ketones is 2. The Hall–Kier alpha value is -4.58. The number of hydrogen-bond donors (Lipinski definition) is 0. The third-order valence-electron chi connectivity index (χ3n) is 7.47. The highest BCUT2D eigenvalue weighted by Crippen LogP contribution is 2.47. The van der Waals surface area contributed by atoms with Crippen LogP contribution in [0.15, 0.2) is 109 Å². The molecular formula is C31H24N2O4. The summed E-state index contributed by atoms with van der Waals surface area (Å²) in [5, 5.41) is 0. The topological polar surface area (TPSA) is 74.8 Å². The van der Waals surface area contributed by atoms with Crippen LogP contribution in [0.5, 0.6) is 0 Å². The molecule has 6 heteroatoms. The Balaban J connectivity index is 1.43. The first-order valence-corrected chi connectivity index (χ1v) is 12.3. The van der Waals surface area contributed by atoms with Gasteiger partial charge in [-0.15, -0.1) is 0 Å². The standard InChI is InChI=1S/C31H24N2O4/c1-19-12-14-23(15-13-19)33-30(36)25-24-18-22(28(34)20-8-4-2-5-9-20)16-17-32(24)27(26(25)31(33)37)29(35)21-10-6-3-7-11-21/h2-18,24-27H,1H3. The molecule has 0 spiro atoms. The smallest absolute Gasteiger partial charge is 0.240 e. The molecular weight excluding hydrogens is 464 g/mol. The normalized spacial score (nSPS) is 24.1. The summed E-state index contributed by atoms with van der Waals surface area (Å²) in [4.78, 5) is 57.6. The lowest BCUT2D eigenvalue weighted by Crippen LogP contribution is -2.46. The zero-order valence-electron chi connectivity index (χ0n) is 20.2. The molecule has 2 fully saturated rings. The van der Waals surface area contributed by atoms with E-state index in [1.54, 1.807) is 83.9 Å². The Morgan fingerprint density at radius 3 is 1.97 bits per heavy atom. The van der Waals surface area contributed by atoms with E-state index in [0.717, 1.165) is 5.56 Å². The summed E-state index contributed by atoms with van der Waals surface area (Å²) in [5.74, 6) is -2.77. The Labute approximate surface area is 214 Å². The fraction of sp³-hybridized carbons (Fsp3) is 0.161. The Morgan fingerprint density at radius 1 is 0.730 bits per heavy atom. The maximum Gasteiger partial charge on any atom is 0.240 e. The minimum atomic E-state index is -0.862. The number of carbonyl (C=O) groups is 4. The second-order valence-corrected chi connectivity index (χ2v) is 9.64. The molecule has 6 rings (SSSR count). The zero-order chi connectivity index (χ0) is 25.7. The second-order valence-electron chi connectivity index (χ2n) is 9.64. The van der Waals surface area contributed by atoms with Crippen molar-refractivity contribution in [2.24, 2.45) is 11.8 Å². The van der Waals surface area contributed by atoms with Gasteiger partial charge in [-0.2, -0.15) is 0 Å². The molecule has 3 heterocycles. The quantitative estimate of drug-likeness (QED) is 0.394. The number of allylic oxidation sites excluding steroid dienone is 2. The maximum absolute atomic E-state index is 13.8. The van der Waals surface area contributed by atoms with Crippen LogP contribution < -0.4 is 4.90 Å². The first-order chi connectivity index (χ1) is 18.0. The molecule has 182 valence electrons. The molecule has 0 N–H and O–H groups in total. The lowest BCUT2D eigenvalue weighted by molar-refractivity contribution is -0.123. The molecule has 37 heavy (non-hydrogen) atoms. The fourth-order valence-corrected chi connectivity index (χ4v) is 5.68. The van der Waals surface area contributed by atoms with Gasteiger partial charge in [0.1, 0.15) is 6.04 Å². The van der Waals surface area contributed by atoms with Crippen molar-refractivity contribution in [1.82, 2.24) is 4.90 Å². The van der Waals surface area contributed by atoms with Gasteiger partial charge in [0.15, 0.2) is 11.6 Å². The number of nitrogens with zero attached hydrogens (tertiary/aromatic N) is 2. The van der Waals surface area contributed by atoms with E-state index in [2.05, 4.69) is 0 Å². The van der Waals surface area contributed by atoms with E-state index in [9.17, 15) is 19.2 Å². The summed E-state index contributed by atoms with van der Waals surface area (Å²) in [6.07, 6.45) is 5.11. The van der Waals surface area contributed by atoms with E-state index in [1.165, 1.54) is 4.90 Å². The Bertz CT molecular complexity index is 1470. The molecule has 2 saturated heterocycles. The Kier molecular flexibility index (Phi) is 5.45. The highest BCUT2D eigenvalue weighted by atomic mass is 16.2. The second kappa shape index (κ2) is 8.82. The van der Waals surface area contributed by atoms with Crippen molar-refractivity contribution in [3.63, 3.8) is 0 Å². The third kappa shape index (κ3) is 3.64. The average Bonchev–Trinajstić information content (AvgIpc) is 3.41. The molecule has 4 unspecified atom stereocenters. The number of fused-ring (bicyclic) bond motifs is 3. The molecule has 0 aromatic heterocycles. The first-order valence-electron chi connectivity index (χ1n) is 12.3. The number of aryl methyl sites for hydroxylation is 1. The van der Waals surface area contributed by atoms with E-state index < -0.39 is 23.9 Å². The molecule has 3 aliphatic heterocycles. The lowest BCUT2D eigenvalue weighted by atomic mass is 9.85. The summed E-state index contributed by atoms with van der Waals surface area (Å²) in [5.41, 5.74) is 2.95. The summed E-state index contributed by atoms with van der Waals surface area (Å²) in [6, 6.07) is 23.5. The highest BCUT2D eigenvalue weighted by Gasteiger charge is 2.63. The van der Waals surface area contributed by atoms with Gasteiger partial charge in [-0.1, -0.05) is 84.4 Å². The van der Waals surface area contributed by atoms with Gasteiger partial charge in [0.25, 0.3) is 0 Å². The van der Waals surface area contributed by atoms with Crippen LogP contribution in [0.2, 0.25) is 0 Å². The van der Waals surface area contributed by atoms with E-state index in [0.29, 0.717) is 22.4 Å². The van der Waals surface area contributed by atoms with E-state index >= 15 is 0 Å². The molecule has 3 aromatic carbocycles. The predicted octanol–water partition coefficient (Wildman–Crippen LogP) is 4.37. The van der Waals surface area contributed by atoms with Crippen molar-refractivity contribution in [1.29, 1.82) is 0 Å². The van der Waals surface area contributed by atoms with E-state index in [1.807, 2.05) is 31.2 Å². The maximum atomic E-state index is 13.8. The third-order valence-corrected chi connectivity index (χ3v) is 7.47. The molecule has 2 amide bonds. The Morgan fingerprint density at radius 2 is 1.32 bits per heavy atom. The number of benzene rings is 3. The molecule has 0 bridgehead atoms. The fourth-order valence-electron chi connectivity index (χ4n) is 5.68. The van der Waals surface area contributed by atoms with Crippen molar-refractivity contribution in [2.75, 3.05) is 4.90 Å². The van der Waals surface area contributed by atoms with E-state index in [4.69, 9.17) is 0 Å². The zero-order valence-corrected chi connectivity index (χ0v) is 20.2. The molecule has 6 nitrogen and oxygen atoms in total. The number of hydrogen-bond acceptors (Lipinski definition) is 5. The molecule has 0 saturated carbocycles. The minimum absolute atomic E-state index is 0.168. The van der Waals surface area contributed by atoms with Crippen LogP contribution in [-0.2, 0) is 9.59 Å².